The Kier molecular flexibility index (Phi) is 6.20. The first-order chi connectivity index (χ1) is 6.86. The lowest BCUT2D eigenvalue weighted by atomic mass is 10.1. The molecular formula is C12H26N2. The molecule has 1 rings (SSSR count). The van der Waals surface area contributed by atoms with Crippen molar-refractivity contribution in [3.63, 3.8) is 0 Å². The molecule has 0 aromatic rings. The molecule has 0 unspecified atom stereocenters. The Morgan fingerprint density at radius 3 is 2.07 bits per heavy atom. The van der Waals surface area contributed by atoms with Gasteiger partial charge in [0.15, 0.2) is 0 Å². The van der Waals surface area contributed by atoms with Crippen molar-refractivity contribution in [2.75, 3.05) is 13.1 Å². The summed E-state index contributed by atoms with van der Waals surface area (Å²) >= 11 is 0. The van der Waals surface area contributed by atoms with Crippen LogP contribution < -0.4 is 5.43 Å². The summed E-state index contributed by atoms with van der Waals surface area (Å²) in [7, 11) is 0. The second kappa shape index (κ2) is 7.24. The summed E-state index contributed by atoms with van der Waals surface area (Å²) in [6.45, 7) is 7.06. The fourth-order valence-electron chi connectivity index (χ4n) is 2.25. The van der Waals surface area contributed by atoms with E-state index in [0.29, 0.717) is 0 Å². The van der Waals surface area contributed by atoms with E-state index < -0.39 is 0 Å². The molecule has 0 atom stereocenters. The van der Waals surface area contributed by atoms with Crippen LogP contribution in [0.2, 0.25) is 0 Å². The smallest absolute Gasteiger partial charge is 0.0215 e. The zero-order chi connectivity index (χ0) is 10.2. The van der Waals surface area contributed by atoms with Crippen molar-refractivity contribution in [1.29, 1.82) is 0 Å². The molecule has 1 saturated heterocycles. The highest BCUT2D eigenvalue weighted by atomic mass is 15.5. The Labute approximate surface area is 89.0 Å². The van der Waals surface area contributed by atoms with Gasteiger partial charge in [0, 0.05) is 19.1 Å². The summed E-state index contributed by atoms with van der Waals surface area (Å²) in [6.07, 6.45) is 9.41. The van der Waals surface area contributed by atoms with Crippen molar-refractivity contribution in [3.05, 3.63) is 0 Å². The molecule has 14 heavy (non-hydrogen) atoms. The topological polar surface area (TPSA) is 15.3 Å². The number of nitrogens with zero attached hydrogens (tertiary/aromatic N) is 1. The van der Waals surface area contributed by atoms with E-state index in [1.54, 1.807) is 0 Å². The Balaban J connectivity index is 2.21. The monoisotopic (exact) mass is 198 g/mol. The van der Waals surface area contributed by atoms with E-state index in [-0.39, 0.29) is 0 Å². The molecule has 0 aromatic carbocycles. The molecular weight excluding hydrogens is 172 g/mol. The van der Waals surface area contributed by atoms with Crippen LogP contribution in [0.4, 0.5) is 0 Å². The van der Waals surface area contributed by atoms with Crippen LogP contribution in [0, 0.1) is 0 Å². The van der Waals surface area contributed by atoms with Crippen molar-refractivity contribution >= 4 is 0 Å². The molecule has 1 heterocycles. The van der Waals surface area contributed by atoms with Gasteiger partial charge in [0.2, 0.25) is 0 Å². The summed E-state index contributed by atoms with van der Waals surface area (Å²) in [5.41, 5.74) is 3.69. The summed E-state index contributed by atoms with van der Waals surface area (Å²) in [5, 5.41) is 2.44. The zero-order valence-electron chi connectivity index (χ0n) is 9.89. The average molecular weight is 198 g/mol. The van der Waals surface area contributed by atoms with Crippen LogP contribution in [0.15, 0.2) is 0 Å². The molecule has 2 heteroatoms. The largest absolute Gasteiger partial charge is 0.252 e. The molecule has 1 N–H and O–H groups in total. The highest BCUT2D eigenvalue weighted by Crippen LogP contribution is 2.10. The minimum Gasteiger partial charge on any atom is -0.252 e. The highest BCUT2D eigenvalue weighted by molar-refractivity contribution is 4.67. The van der Waals surface area contributed by atoms with Crippen molar-refractivity contribution < 1.29 is 0 Å². The van der Waals surface area contributed by atoms with Crippen LogP contribution >= 0.6 is 0 Å². The Hall–Kier alpha value is -0.0800. The van der Waals surface area contributed by atoms with Crippen molar-refractivity contribution in [3.8, 4) is 0 Å². The standard InChI is InChI=1S/C12H26N2/c1-3-8-12(9-4-2)13-14-10-6-5-7-11-14/h12-13H,3-11H2,1-2H3. The van der Waals surface area contributed by atoms with E-state index in [9.17, 15) is 0 Å². The van der Waals surface area contributed by atoms with Crippen LogP contribution in [0.1, 0.15) is 58.8 Å². The van der Waals surface area contributed by atoms with E-state index in [1.165, 1.54) is 58.0 Å². The molecule has 1 aliphatic rings. The van der Waals surface area contributed by atoms with E-state index >= 15 is 0 Å². The number of hydrogen-bond acceptors (Lipinski definition) is 2. The van der Waals surface area contributed by atoms with Crippen LogP contribution in [-0.2, 0) is 0 Å². The molecule has 0 amide bonds. The van der Waals surface area contributed by atoms with Gasteiger partial charge in [0.25, 0.3) is 0 Å². The van der Waals surface area contributed by atoms with Gasteiger partial charge in [-0.05, 0) is 25.7 Å². The van der Waals surface area contributed by atoms with Crippen LogP contribution in [0.25, 0.3) is 0 Å². The van der Waals surface area contributed by atoms with Gasteiger partial charge in [-0.1, -0.05) is 33.1 Å². The average Bonchev–Trinajstić information content (AvgIpc) is 2.20. The first-order valence-corrected chi connectivity index (χ1v) is 6.38. The molecule has 0 aliphatic carbocycles. The minimum atomic E-state index is 0.725. The number of piperidine rings is 1. The summed E-state index contributed by atoms with van der Waals surface area (Å²) in [6, 6.07) is 0.725. The maximum atomic E-state index is 3.69. The molecule has 0 saturated carbocycles. The first kappa shape index (κ1) is 12.0. The predicted octanol–water partition coefficient (Wildman–Crippen LogP) is 2.95. The van der Waals surface area contributed by atoms with Gasteiger partial charge >= 0.3 is 0 Å². The molecule has 0 radical (unpaired) electrons. The highest BCUT2D eigenvalue weighted by Gasteiger charge is 2.13. The number of hydrogen-bond donors (Lipinski definition) is 1. The van der Waals surface area contributed by atoms with Crippen molar-refractivity contribution in [2.45, 2.75) is 64.8 Å². The van der Waals surface area contributed by atoms with E-state index in [1.807, 2.05) is 0 Å². The Bertz CT molecular complexity index is 124. The Morgan fingerprint density at radius 1 is 1.00 bits per heavy atom. The second-order valence-corrected chi connectivity index (χ2v) is 4.45. The molecule has 2 nitrogen and oxygen atoms in total. The summed E-state index contributed by atoms with van der Waals surface area (Å²) < 4.78 is 0. The van der Waals surface area contributed by atoms with Crippen LogP contribution in [0.5, 0.6) is 0 Å². The van der Waals surface area contributed by atoms with Crippen LogP contribution in [0.3, 0.4) is 0 Å². The second-order valence-electron chi connectivity index (χ2n) is 4.45. The SMILES string of the molecule is CCCC(CCC)NN1CCCCC1. The van der Waals surface area contributed by atoms with E-state index in [0.717, 1.165) is 6.04 Å². The minimum absolute atomic E-state index is 0.725. The number of rotatable bonds is 6. The fraction of sp³-hybridized carbons (Fsp3) is 1.00. The van der Waals surface area contributed by atoms with Gasteiger partial charge < -0.3 is 0 Å². The molecule has 84 valence electrons. The third-order valence-corrected chi connectivity index (χ3v) is 3.00. The third kappa shape index (κ3) is 4.43. The molecule has 0 spiro atoms. The lowest BCUT2D eigenvalue weighted by Crippen LogP contribution is -2.47. The van der Waals surface area contributed by atoms with E-state index in [4.69, 9.17) is 0 Å². The van der Waals surface area contributed by atoms with Gasteiger partial charge in [-0.15, -0.1) is 0 Å². The lowest BCUT2D eigenvalue weighted by molar-refractivity contribution is 0.121. The maximum Gasteiger partial charge on any atom is 0.0215 e. The van der Waals surface area contributed by atoms with Gasteiger partial charge in [-0.2, -0.15) is 0 Å². The normalized spacial score (nSPS) is 19.1. The van der Waals surface area contributed by atoms with Gasteiger partial charge in [0.1, 0.15) is 0 Å². The van der Waals surface area contributed by atoms with Crippen molar-refractivity contribution in [2.24, 2.45) is 0 Å². The lowest BCUT2D eigenvalue weighted by Gasteiger charge is -2.31. The summed E-state index contributed by atoms with van der Waals surface area (Å²) in [5.74, 6) is 0. The fourth-order valence-corrected chi connectivity index (χ4v) is 2.25. The quantitative estimate of drug-likeness (QED) is 0.706. The first-order valence-electron chi connectivity index (χ1n) is 6.38. The predicted molar refractivity (Wildman–Crippen MR) is 62.2 cm³/mol. The van der Waals surface area contributed by atoms with Gasteiger partial charge in [-0.3, -0.25) is 5.43 Å². The molecule has 0 aromatic heterocycles. The van der Waals surface area contributed by atoms with Crippen molar-refractivity contribution in [1.82, 2.24) is 10.4 Å². The Morgan fingerprint density at radius 2 is 1.57 bits per heavy atom. The zero-order valence-corrected chi connectivity index (χ0v) is 9.89. The van der Waals surface area contributed by atoms with E-state index in [2.05, 4.69) is 24.3 Å². The maximum absolute atomic E-state index is 3.69. The third-order valence-electron chi connectivity index (χ3n) is 3.00. The summed E-state index contributed by atoms with van der Waals surface area (Å²) in [4.78, 5) is 0. The van der Waals surface area contributed by atoms with Gasteiger partial charge in [-0.25, -0.2) is 5.01 Å². The number of hydrazine groups is 1. The molecule has 1 aliphatic heterocycles. The van der Waals surface area contributed by atoms with Gasteiger partial charge in [0.05, 0.1) is 0 Å². The molecule has 1 fully saturated rings. The number of nitrogens with one attached hydrogen (secondary N) is 1. The van der Waals surface area contributed by atoms with Crippen LogP contribution in [-0.4, -0.2) is 24.1 Å². The molecule has 0 bridgehead atoms.